The van der Waals surface area contributed by atoms with E-state index >= 15 is 0 Å². The first-order chi connectivity index (χ1) is 10.2. The molecule has 1 unspecified atom stereocenters. The van der Waals surface area contributed by atoms with Gasteiger partial charge in [-0.25, -0.2) is 0 Å². The summed E-state index contributed by atoms with van der Waals surface area (Å²) in [6.07, 6.45) is 3.79. The van der Waals surface area contributed by atoms with Crippen molar-refractivity contribution in [2.45, 2.75) is 51.5 Å². The van der Waals surface area contributed by atoms with E-state index in [4.69, 9.17) is 9.26 Å². The van der Waals surface area contributed by atoms with Gasteiger partial charge in [-0.2, -0.15) is 4.98 Å². The zero-order valence-corrected chi connectivity index (χ0v) is 12.7. The summed E-state index contributed by atoms with van der Waals surface area (Å²) in [5.74, 6) is 1.87. The molecule has 3 rings (SSSR count). The number of amides is 1. The maximum absolute atomic E-state index is 12.3. The Morgan fingerprint density at radius 2 is 2.05 bits per heavy atom. The van der Waals surface area contributed by atoms with Crippen LogP contribution < -0.4 is 0 Å². The van der Waals surface area contributed by atoms with Crippen LogP contribution in [0.5, 0.6) is 0 Å². The Balaban J connectivity index is 1.74. The van der Waals surface area contributed by atoms with Crippen LogP contribution in [0.2, 0.25) is 0 Å². The van der Waals surface area contributed by atoms with Crippen molar-refractivity contribution in [3.8, 4) is 0 Å². The molecule has 1 atom stereocenters. The van der Waals surface area contributed by atoms with E-state index in [9.17, 15) is 4.79 Å². The van der Waals surface area contributed by atoms with Gasteiger partial charge in [0.15, 0.2) is 5.82 Å². The van der Waals surface area contributed by atoms with E-state index in [1.54, 1.807) is 0 Å². The Hall–Kier alpha value is -1.43. The summed E-state index contributed by atoms with van der Waals surface area (Å²) in [6, 6.07) is -0.0407. The van der Waals surface area contributed by atoms with Crippen LogP contribution in [0.15, 0.2) is 4.52 Å². The van der Waals surface area contributed by atoms with E-state index in [0.29, 0.717) is 11.8 Å². The van der Waals surface area contributed by atoms with Crippen molar-refractivity contribution in [2.24, 2.45) is 5.92 Å². The summed E-state index contributed by atoms with van der Waals surface area (Å²) < 4.78 is 10.8. The number of rotatable bonds is 3. The zero-order valence-electron chi connectivity index (χ0n) is 12.7. The number of likely N-dealkylation sites (tertiary alicyclic amines) is 1. The van der Waals surface area contributed by atoms with Gasteiger partial charge in [0.05, 0.1) is 0 Å². The third-order valence-corrected chi connectivity index (χ3v) is 4.36. The van der Waals surface area contributed by atoms with Gasteiger partial charge in [-0.3, -0.25) is 4.79 Å². The Bertz CT molecular complexity index is 494. The van der Waals surface area contributed by atoms with Gasteiger partial charge in [-0.15, -0.1) is 0 Å². The van der Waals surface area contributed by atoms with Gasteiger partial charge in [0.2, 0.25) is 11.8 Å². The van der Waals surface area contributed by atoms with E-state index in [-0.39, 0.29) is 17.9 Å². The van der Waals surface area contributed by atoms with Crippen LogP contribution in [0.4, 0.5) is 0 Å². The van der Waals surface area contributed by atoms with Crippen molar-refractivity contribution in [3.05, 3.63) is 11.7 Å². The van der Waals surface area contributed by atoms with E-state index in [2.05, 4.69) is 10.1 Å². The quantitative estimate of drug-likeness (QED) is 0.855. The summed E-state index contributed by atoms with van der Waals surface area (Å²) in [5.41, 5.74) is 0. The second-order valence-corrected chi connectivity index (χ2v) is 6.22. The highest BCUT2D eigenvalue weighted by molar-refractivity contribution is 5.78. The molecule has 0 spiro atoms. The van der Waals surface area contributed by atoms with E-state index < -0.39 is 0 Å². The minimum absolute atomic E-state index is 0.00323. The fraction of sp³-hybridized carbons (Fsp3) is 0.800. The molecule has 0 radical (unpaired) electrons. The van der Waals surface area contributed by atoms with Gasteiger partial charge in [-0.05, 0) is 25.7 Å². The zero-order chi connectivity index (χ0) is 14.8. The summed E-state index contributed by atoms with van der Waals surface area (Å²) in [6.45, 7) is 6.17. The first-order valence-electron chi connectivity index (χ1n) is 7.88. The van der Waals surface area contributed by atoms with Gasteiger partial charge in [-0.1, -0.05) is 19.0 Å². The van der Waals surface area contributed by atoms with Gasteiger partial charge in [0.25, 0.3) is 0 Å². The predicted molar refractivity (Wildman–Crippen MR) is 75.6 cm³/mol. The van der Waals surface area contributed by atoms with Crippen molar-refractivity contribution in [3.63, 3.8) is 0 Å². The first kappa shape index (κ1) is 14.5. The molecule has 0 aliphatic carbocycles. The monoisotopic (exact) mass is 293 g/mol. The number of hydrogen-bond donors (Lipinski definition) is 0. The molecule has 2 fully saturated rings. The largest absolute Gasteiger partial charge is 0.381 e. The molecule has 2 aliphatic rings. The third kappa shape index (κ3) is 2.95. The lowest BCUT2D eigenvalue weighted by Crippen LogP contribution is -2.33. The number of carbonyl (C=O) groups excluding carboxylic acids is 1. The molecule has 1 aromatic heterocycles. The van der Waals surface area contributed by atoms with Gasteiger partial charge in [0.1, 0.15) is 6.04 Å². The van der Waals surface area contributed by atoms with Crippen LogP contribution in [-0.4, -0.2) is 40.7 Å². The van der Waals surface area contributed by atoms with Crippen LogP contribution in [-0.2, 0) is 9.53 Å². The SMILES string of the molecule is CC(C)C(=O)N1CCCC1c1nc(C2CCOCC2)no1. The van der Waals surface area contributed by atoms with E-state index in [1.807, 2.05) is 18.7 Å². The van der Waals surface area contributed by atoms with E-state index in [0.717, 1.165) is 51.3 Å². The van der Waals surface area contributed by atoms with Crippen LogP contribution in [0.25, 0.3) is 0 Å². The second kappa shape index (κ2) is 6.13. The molecule has 2 aliphatic heterocycles. The van der Waals surface area contributed by atoms with Gasteiger partial charge >= 0.3 is 0 Å². The summed E-state index contributed by atoms with van der Waals surface area (Å²) in [5, 5.41) is 4.14. The Morgan fingerprint density at radius 1 is 1.29 bits per heavy atom. The van der Waals surface area contributed by atoms with Crippen LogP contribution >= 0.6 is 0 Å². The highest BCUT2D eigenvalue weighted by atomic mass is 16.5. The van der Waals surface area contributed by atoms with Crippen molar-refractivity contribution < 1.29 is 14.1 Å². The standard InChI is InChI=1S/C15H23N3O3/c1-10(2)15(19)18-7-3-4-12(18)14-16-13(17-21-14)11-5-8-20-9-6-11/h10-12H,3-9H2,1-2H3. The highest BCUT2D eigenvalue weighted by Gasteiger charge is 2.35. The molecular formula is C15H23N3O3. The fourth-order valence-electron chi connectivity index (χ4n) is 3.12. The van der Waals surface area contributed by atoms with Crippen molar-refractivity contribution in [1.29, 1.82) is 0 Å². The Labute approximate surface area is 124 Å². The van der Waals surface area contributed by atoms with Crippen molar-refractivity contribution in [1.82, 2.24) is 15.0 Å². The minimum atomic E-state index is -0.0407. The molecule has 6 heteroatoms. The molecule has 1 amide bonds. The molecule has 3 heterocycles. The number of carbonyl (C=O) groups is 1. The molecule has 0 saturated carbocycles. The number of aromatic nitrogens is 2. The highest BCUT2D eigenvalue weighted by Crippen LogP contribution is 2.33. The number of nitrogens with zero attached hydrogens (tertiary/aromatic N) is 3. The average Bonchev–Trinajstić information content (AvgIpc) is 3.16. The molecule has 116 valence electrons. The molecule has 0 bridgehead atoms. The minimum Gasteiger partial charge on any atom is -0.381 e. The number of ether oxygens (including phenoxy) is 1. The molecule has 1 aromatic rings. The normalized spacial score (nSPS) is 24.0. The summed E-state index contributed by atoms with van der Waals surface area (Å²) in [7, 11) is 0. The van der Waals surface area contributed by atoms with Crippen LogP contribution in [0, 0.1) is 5.92 Å². The maximum atomic E-state index is 12.3. The smallest absolute Gasteiger partial charge is 0.249 e. The van der Waals surface area contributed by atoms with Crippen LogP contribution in [0.1, 0.15) is 63.2 Å². The lowest BCUT2D eigenvalue weighted by molar-refractivity contribution is -0.135. The fourth-order valence-corrected chi connectivity index (χ4v) is 3.12. The van der Waals surface area contributed by atoms with Gasteiger partial charge < -0.3 is 14.2 Å². The topological polar surface area (TPSA) is 68.5 Å². The molecule has 0 N–H and O–H groups in total. The molecule has 0 aromatic carbocycles. The lowest BCUT2D eigenvalue weighted by atomic mass is 10.00. The second-order valence-electron chi connectivity index (χ2n) is 6.22. The lowest BCUT2D eigenvalue weighted by Gasteiger charge is -2.23. The molecular weight excluding hydrogens is 270 g/mol. The number of hydrogen-bond acceptors (Lipinski definition) is 5. The molecule has 6 nitrogen and oxygen atoms in total. The Kier molecular flexibility index (Phi) is 4.24. The average molecular weight is 293 g/mol. The molecule has 21 heavy (non-hydrogen) atoms. The van der Waals surface area contributed by atoms with E-state index in [1.165, 1.54) is 0 Å². The maximum Gasteiger partial charge on any atom is 0.249 e. The third-order valence-electron chi connectivity index (χ3n) is 4.36. The van der Waals surface area contributed by atoms with Crippen LogP contribution in [0.3, 0.4) is 0 Å². The van der Waals surface area contributed by atoms with Gasteiger partial charge in [0, 0.05) is 31.6 Å². The first-order valence-corrected chi connectivity index (χ1v) is 7.88. The van der Waals surface area contributed by atoms with Crippen molar-refractivity contribution in [2.75, 3.05) is 19.8 Å². The molecule has 2 saturated heterocycles. The summed E-state index contributed by atoms with van der Waals surface area (Å²) >= 11 is 0. The van der Waals surface area contributed by atoms with Crippen molar-refractivity contribution >= 4 is 5.91 Å². The predicted octanol–water partition coefficient (Wildman–Crippen LogP) is 2.28. The Morgan fingerprint density at radius 3 is 2.76 bits per heavy atom. The summed E-state index contributed by atoms with van der Waals surface area (Å²) in [4.78, 5) is 18.7.